The lowest BCUT2D eigenvalue weighted by atomic mass is 9.99. The molecular formula is C11H24N2O2. The summed E-state index contributed by atoms with van der Waals surface area (Å²) in [6.07, 6.45) is 0. The molecule has 4 nitrogen and oxygen atoms in total. The van der Waals surface area contributed by atoms with Crippen LogP contribution in [0.1, 0.15) is 13.8 Å². The first-order valence-electron chi connectivity index (χ1n) is 5.60. The highest BCUT2D eigenvalue weighted by Gasteiger charge is 2.35. The lowest BCUT2D eigenvalue weighted by Gasteiger charge is -2.46. The van der Waals surface area contributed by atoms with Gasteiger partial charge in [0.05, 0.1) is 19.8 Å². The van der Waals surface area contributed by atoms with E-state index >= 15 is 0 Å². The number of hydrogen-bond acceptors (Lipinski definition) is 4. The van der Waals surface area contributed by atoms with Gasteiger partial charge in [-0.2, -0.15) is 0 Å². The van der Waals surface area contributed by atoms with E-state index in [-0.39, 0.29) is 5.54 Å². The van der Waals surface area contributed by atoms with Crippen LogP contribution in [0.2, 0.25) is 0 Å². The van der Waals surface area contributed by atoms with E-state index in [1.54, 1.807) is 7.11 Å². The number of hydrogen-bond donors (Lipinski definition) is 1. The van der Waals surface area contributed by atoms with E-state index in [1.165, 1.54) is 0 Å². The molecule has 0 aromatic carbocycles. The zero-order chi connectivity index (χ0) is 11.3. The van der Waals surface area contributed by atoms with Crippen LogP contribution in [0.15, 0.2) is 0 Å². The predicted octanol–water partition coefficient (Wildman–Crippen LogP) is 0.332. The quantitative estimate of drug-likeness (QED) is 0.718. The molecule has 1 atom stereocenters. The highest BCUT2D eigenvalue weighted by Crippen LogP contribution is 2.21. The summed E-state index contributed by atoms with van der Waals surface area (Å²) < 4.78 is 10.8. The van der Waals surface area contributed by atoms with E-state index in [4.69, 9.17) is 9.47 Å². The van der Waals surface area contributed by atoms with Gasteiger partial charge in [-0.05, 0) is 20.9 Å². The molecule has 1 N–H and O–H groups in total. The molecule has 1 aliphatic heterocycles. The van der Waals surface area contributed by atoms with E-state index in [0.29, 0.717) is 6.04 Å². The second kappa shape index (κ2) is 5.80. The van der Waals surface area contributed by atoms with Gasteiger partial charge in [0.2, 0.25) is 0 Å². The van der Waals surface area contributed by atoms with Crippen molar-refractivity contribution in [2.75, 3.05) is 47.1 Å². The minimum Gasteiger partial charge on any atom is -0.383 e. The second-order valence-corrected chi connectivity index (χ2v) is 4.73. The van der Waals surface area contributed by atoms with Gasteiger partial charge in [-0.3, -0.25) is 4.90 Å². The third-order valence-corrected chi connectivity index (χ3v) is 2.95. The number of ether oxygens (including phenoxy) is 2. The first-order valence-corrected chi connectivity index (χ1v) is 5.60. The van der Waals surface area contributed by atoms with Crippen molar-refractivity contribution in [3.8, 4) is 0 Å². The Bertz CT molecular complexity index is 179. The Hall–Kier alpha value is -0.160. The van der Waals surface area contributed by atoms with Crippen molar-refractivity contribution < 1.29 is 9.47 Å². The zero-order valence-corrected chi connectivity index (χ0v) is 10.4. The first kappa shape index (κ1) is 12.9. The van der Waals surface area contributed by atoms with Gasteiger partial charge in [0.25, 0.3) is 0 Å². The molecule has 15 heavy (non-hydrogen) atoms. The monoisotopic (exact) mass is 216 g/mol. The van der Waals surface area contributed by atoms with Crippen LogP contribution in [-0.2, 0) is 9.47 Å². The van der Waals surface area contributed by atoms with E-state index in [1.807, 2.05) is 7.05 Å². The Morgan fingerprint density at radius 1 is 1.53 bits per heavy atom. The van der Waals surface area contributed by atoms with E-state index in [9.17, 15) is 0 Å². The second-order valence-electron chi connectivity index (χ2n) is 4.73. The summed E-state index contributed by atoms with van der Waals surface area (Å²) in [6, 6.07) is 0.430. The molecule has 1 rings (SSSR count). The normalized spacial score (nSPS) is 24.0. The summed E-state index contributed by atoms with van der Waals surface area (Å²) in [7, 11) is 3.74. The van der Waals surface area contributed by atoms with Crippen molar-refractivity contribution in [1.29, 1.82) is 0 Å². The van der Waals surface area contributed by atoms with Crippen molar-refractivity contribution in [1.82, 2.24) is 10.2 Å². The Balaban J connectivity index is 2.62. The SMILES string of the molecule is CNCC(COC)N1CCOCC1(C)C. The summed E-state index contributed by atoms with van der Waals surface area (Å²) in [4.78, 5) is 2.48. The maximum atomic E-state index is 5.52. The first-order chi connectivity index (χ1) is 7.11. The number of nitrogens with one attached hydrogen (secondary N) is 1. The van der Waals surface area contributed by atoms with Crippen LogP contribution in [0, 0.1) is 0 Å². The van der Waals surface area contributed by atoms with Gasteiger partial charge in [-0.15, -0.1) is 0 Å². The van der Waals surface area contributed by atoms with Gasteiger partial charge in [-0.1, -0.05) is 0 Å². The van der Waals surface area contributed by atoms with Gasteiger partial charge < -0.3 is 14.8 Å². The van der Waals surface area contributed by atoms with Crippen LogP contribution in [0.3, 0.4) is 0 Å². The molecule has 1 heterocycles. The highest BCUT2D eigenvalue weighted by atomic mass is 16.5. The van der Waals surface area contributed by atoms with Gasteiger partial charge in [-0.25, -0.2) is 0 Å². The summed E-state index contributed by atoms with van der Waals surface area (Å²) in [6.45, 7) is 8.80. The topological polar surface area (TPSA) is 33.7 Å². The van der Waals surface area contributed by atoms with Gasteiger partial charge in [0.15, 0.2) is 0 Å². The summed E-state index contributed by atoms with van der Waals surface area (Å²) in [5.41, 5.74) is 0.109. The molecule has 0 aromatic heterocycles. The van der Waals surface area contributed by atoms with Crippen LogP contribution in [0.5, 0.6) is 0 Å². The minimum atomic E-state index is 0.109. The molecule has 1 fully saturated rings. The van der Waals surface area contributed by atoms with Crippen molar-refractivity contribution in [2.24, 2.45) is 0 Å². The van der Waals surface area contributed by atoms with E-state index < -0.39 is 0 Å². The number of nitrogens with zero attached hydrogens (tertiary/aromatic N) is 1. The molecule has 0 amide bonds. The largest absolute Gasteiger partial charge is 0.383 e. The van der Waals surface area contributed by atoms with E-state index in [2.05, 4.69) is 24.1 Å². The van der Waals surface area contributed by atoms with Gasteiger partial charge in [0.1, 0.15) is 0 Å². The zero-order valence-electron chi connectivity index (χ0n) is 10.4. The molecule has 0 aliphatic carbocycles. The molecule has 0 saturated carbocycles. The number of methoxy groups -OCH3 is 1. The molecule has 0 bridgehead atoms. The number of rotatable bonds is 5. The molecule has 1 aliphatic rings. The lowest BCUT2D eigenvalue weighted by Crippen LogP contribution is -2.60. The van der Waals surface area contributed by atoms with Crippen LogP contribution >= 0.6 is 0 Å². The third-order valence-electron chi connectivity index (χ3n) is 2.95. The molecule has 1 saturated heterocycles. The average molecular weight is 216 g/mol. The van der Waals surface area contributed by atoms with Gasteiger partial charge >= 0.3 is 0 Å². The number of likely N-dealkylation sites (N-methyl/N-ethyl adjacent to an activating group) is 1. The Kier molecular flexibility index (Phi) is 4.99. The molecule has 0 aromatic rings. The molecule has 90 valence electrons. The summed E-state index contributed by atoms with van der Waals surface area (Å²) >= 11 is 0. The van der Waals surface area contributed by atoms with Gasteiger partial charge in [0, 0.05) is 31.8 Å². The van der Waals surface area contributed by atoms with Crippen LogP contribution in [0.4, 0.5) is 0 Å². The standard InChI is InChI=1S/C11H24N2O2/c1-11(2)9-15-6-5-13(11)10(7-12-3)8-14-4/h10,12H,5-9H2,1-4H3. The molecule has 1 unspecified atom stereocenters. The molecule has 0 spiro atoms. The number of morpholine rings is 1. The van der Waals surface area contributed by atoms with E-state index in [0.717, 1.165) is 32.9 Å². The highest BCUT2D eigenvalue weighted by molar-refractivity contribution is 4.89. The maximum absolute atomic E-state index is 5.52. The molecular weight excluding hydrogens is 192 g/mol. The van der Waals surface area contributed by atoms with Crippen molar-refractivity contribution >= 4 is 0 Å². The fourth-order valence-corrected chi connectivity index (χ4v) is 2.23. The fourth-order valence-electron chi connectivity index (χ4n) is 2.23. The molecule has 4 heteroatoms. The van der Waals surface area contributed by atoms with Crippen LogP contribution in [0.25, 0.3) is 0 Å². The maximum Gasteiger partial charge on any atom is 0.0645 e. The lowest BCUT2D eigenvalue weighted by molar-refractivity contribution is -0.0828. The Morgan fingerprint density at radius 3 is 2.80 bits per heavy atom. The Morgan fingerprint density at radius 2 is 2.27 bits per heavy atom. The predicted molar refractivity (Wildman–Crippen MR) is 61.2 cm³/mol. The Labute approximate surface area is 92.9 Å². The summed E-state index contributed by atoms with van der Waals surface area (Å²) in [5, 5.41) is 3.23. The smallest absolute Gasteiger partial charge is 0.0645 e. The summed E-state index contributed by atoms with van der Waals surface area (Å²) in [5.74, 6) is 0. The average Bonchev–Trinajstić information content (AvgIpc) is 2.17. The van der Waals surface area contributed by atoms with Crippen LogP contribution in [-0.4, -0.2) is 63.5 Å². The third kappa shape index (κ3) is 3.41. The fraction of sp³-hybridized carbons (Fsp3) is 1.00. The van der Waals surface area contributed by atoms with Crippen molar-refractivity contribution in [2.45, 2.75) is 25.4 Å². The van der Waals surface area contributed by atoms with Crippen LogP contribution < -0.4 is 5.32 Å². The van der Waals surface area contributed by atoms with Crippen molar-refractivity contribution in [3.05, 3.63) is 0 Å². The van der Waals surface area contributed by atoms with Crippen molar-refractivity contribution in [3.63, 3.8) is 0 Å². The minimum absolute atomic E-state index is 0.109. The molecule has 0 radical (unpaired) electrons.